The molecular formula is C15H25BrN4. The zero-order chi connectivity index (χ0) is 14.5. The fourth-order valence-electron chi connectivity index (χ4n) is 2.84. The van der Waals surface area contributed by atoms with Crippen molar-refractivity contribution in [1.29, 1.82) is 0 Å². The van der Waals surface area contributed by atoms with E-state index >= 15 is 0 Å². The van der Waals surface area contributed by atoms with Crippen LogP contribution in [0.2, 0.25) is 0 Å². The Balaban J connectivity index is 1.97. The van der Waals surface area contributed by atoms with Gasteiger partial charge in [0.05, 0.1) is 4.47 Å². The van der Waals surface area contributed by atoms with Crippen LogP contribution in [0.4, 0.5) is 5.82 Å². The molecule has 2 heterocycles. The Morgan fingerprint density at radius 3 is 2.60 bits per heavy atom. The Hall–Kier alpha value is -0.650. The molecule has 112 valence electrons. The van der Waals surface area contributed by atoms with E-state index in [1.54, 1.807) is 0 Å². The van der Waals surface area contributed by atoms with Gasteiger partial charge in [-0.3, -0.25) is 4.90 Å². The molecule has 1 atom stereocenters. The zero-order valence-electron chi connectivity index (χ0n) is 12.5. The first-order valence-corrected chi connectivity index (χ1v) is 8.26. The van der Waals surface area contributed by atoms with Gasteiger partial charge in [-0.25, -0.2) is 4.98 Å². The maximum Gasteiger partial charge on any atom is 0.142 e. The smallest absolute Gasteiger partial charge is 0.142 e. The average Bonchev–Trinajstić information content (AvgIpc) is 2.45. The van der Waals surface area contributed by atoms with Gasteiger partial charge in [-0.1, -0.05) is 13.3 Å². The molecule has 4 nitrogen and oxygen atoms in total. The number of aromatic nitrogens is 1. The Morgan fingerprint density at radius 2 is 2.05 bits per heavy atom. The van der Waals surface area contributed by atoms with Crippen LogP contribution >= 0.6 is 15.9 Å². The molecule has 1 aromatic heterocycles. The van der Waals surface area contributed by atoms with Gasteiger partial charge >= 0.3 is 0 Å². The standard InChI is InChI=1S/C15H25BrN4/c1-3-4-13(10-17)19-5-7-20(8-6-19)15-14(16)9-12(2)11-18-15/h9,11,13H,3-8,10,17H2,1-2H3. The van der Waals surface area contributed by atoms with Crippen LogP contribution in [0.1, 0.15) is 25.3 Å². The van der Waals surface area contributed by atoms with Crippen molar-refractivity contribution < 1.29 is 0 Å². The number of halogens is 1. The topological polar surface area (TPSA) is 45.4 Å². The first kappa shape index (κ1) is 15.7. The summed E-state index contributed by atoms with van der Waals surface area (Å²) in [6, 6.07) is 2.67. The van der Waals surface area contributed by atoms with E-state index in [2.05, 4.69) is 50.6 Å². The third-order valence-electron chi connectivity index (χ3n) is 3.98. The van der Waals surface area contributed by atoms with E-state index in [4.69, 9.17) is 5.73 Å². The van der Waals surface area contributed by atoms with E-state index in [0.717, 1.165) is 43.0 Å². The molecule has 0 aliphatic carbocycles. The van der Waals surface area contributed by atoms with Crippen molar-refractivity contribution >= 4 is 21.7 Å². The van der Waals surface area contributed by atoms with Gasteiger partial charge in [0.2, 0.25) is 0 Å². The molecule has 1 aliphatic rings. The second-order valence-electron chi connectivity index (χ2n) is 5.52. The van der Waals surface area contributed by atoms with Crippen molar-refractivity contribution in [3.05, 3.63) is 22.3 Å². The summed E-state index contributed by atoms with van der Waals surface area (Å²) in [7, 11) is 0. The lowest BCUT2D eigenvalue weighted by atomic mass is 10.1. The van der Waals surface area contributed by atoms with Crippen molar-refractivity contribution in [2.75, 3.05) is 37.6 Å². The number of pyridine rings is 1. The third-order valence-corrected chi connectivity index (χ3v) is 4.57. The third kappa shape index (κ3) is 3.71. The molecule has 0 aromatic carbocycles. The molecule has 1 saturated heterocycles. The molecule has 2 N–H and O–H groups in total. The molecule has 2 rings (SSSR count). The highest BCUT2D eigenvalue weighted by Gasteiger charge is 2.23. The fourth-order valence-corrected chi connectivity index (χ4v) is 3.55. The summed E-state index contributed by atoms with van der Waals surface area (Å²) in [5.74, 6) is 1.06. The SMILES string of the molecule is CCCC(CN)N1CCN(c2ncc(C)cc2Br)CC1. The average molecular weight is 341 g/mol. The maximum atomic E-state index is 5.90. The summed E-state index contributed by atoms with van der Waals surface area (Å²) in [6.45, 7) is 9.25. The number of hydrogen-bond donors (Lipinski definition) is 1. The summed E-state index contributed by atoms with van der Waals surface area (Å²) in [4.78, 5) is 9.45. The first-order valence-electron chi connectivity index (χ1n) is 7.47. The van der Waals surface area contributed by atoms with Crippen molar-refractivity contribution in [3.8, 4) is 0 Å². The first-order chi connectivity index (χ1) is 9.65. The number of anilines is 1. The minimum atomic E-state index is 0.538. The van der Waals surface area contributed by atoms with Crippen molar-refractivity contribution in [1.82, 2.24) is 9.88 Å². The molecule has 1 aromatic rings. The van der Waals surface area contributed by atoms with Gasteiger partial charge in [0, 0.05) is 45.0 Å². The number of aryl methyl sites for hydroxylation is 1. The van der Waals surface area contributed by atoms with Gasteiger partial charge in [-0.2, -0.15) is 0 Å². The van der Waals surface area contributed by atoms with Crippen LogP contribution in [0.15, 0.2) is 16.7 Å². The number of rotatable bonds is 5. The largest absolute Gasteiger partial charge is 0.353 e. The van der Waals surface area contributed by atoms with Crippen molar-refractivity contribution in [3.63, 3.8) is 0 Å². The van der Waals surface area contributed by atoms with Crippen LogP contribution in [0.25, 0.3) is 0 Å². The van der Waals surface area contributed by atoms with E-state index in [-0.39, 0.29) is 0 Å². The Bertz CT molecular complexity index is 430. The molecule has 20 heavy (non-hydrogen) atoms. The van der Waals surface area contributed by atoms with E-state index < -0.39 is 0 Å². The van der Waals surface area contributed by atoms with Gasteiger partial charge in [-0.05, 0) is 40.9 Å². The molecule has 0 radical (unpaired) electrons. The van der Waals surface area contributed by atoms with E-state index in [1.165, 1.54) is 18.4 Å². The molecule has 0 spiro atoms. The van der Waals surface area contributed by atoms with E-state index in [0.29, 0.717) is 6.04 Å². The predicted octanol–water partition coefficient (Wildman–Crippen LogP) is 2.40. The van der Waals surface area contributed by atoms with Crippen LogP contribution in [0.5, 0.6) is 0 Å². The van der Waals surface area contributed by atoms with Crippen molar-refractivity contribution in [2.45, 2.75) is 32.7 Å². The van der Waals surface area contributed by atoms with Gasteiger partial charge in [0.25, 0.3) is 0 Å². The molecular weight excluding hydrogens is 316 g/mol. The van der Waals surface area contributed by atoms with Crippen LogP contribution in [0, 0.1) is 6.92 Å². The molecule has 1 aliphatic heterocycles. The second-order valence-corrected chi connectivity index (χ2v) is 6.37. The molecule has 0 saturated carbocycles. The molecule has 1 unspecified atom stereocenters. The van der Waals surface area contributed by atoms with Crippen LogP contribution in [-0.4, -0.2) is 48.6 Å². The van der Waals surface area contributed by atoms with Gasteiger partial charge in [0.15, 0.2) is 0 Å². The summed E-state index contributed by atoms with van der Waals surface area (Å²) in [6.07, 6.45) is 4.34. The van der Waals surface area contributed by atoms with Crippen LogP contribution in [-0.2, 0) is 0 Å². The van der Waals surface area contributed by atoms with Gasteiger partial charge < -0.3 is 10.6 Å². The van der Waals surface area contributed by atoms with Gasteiger partial charge in [0.1, 0.15) is 5.82 Å². The number of nitrogens with zero attached hydrogens (tertiary/aromatic N) is 3. The lowest BCUT2D eigenvalue weighted by molar-refractivity contribution is 0.179. The summed E-state index contributed by atoms with van der Waals surface area (Å²) in [5, 5.41) is 0. The lowest BCUT2D eigenvalue weighted by Gasteiger charge is -2.39. The highest BCUT2D eigenvalue weighted by molar-refractivity contribution is 9.10. The molecule has 0 amide bonds. The van der Waals surface area contributed by atoms with E-state index in [1.807, 2.05) is 6.20 Å². The fraction of sp³-hybridized carbons (Fsp3) is 0.667. The molecule has 5 heteroatoms. The highest BCUT2D eigenvalue weighted by Crippen LogP contribution is 2.25. The minimum Gasteiger partial charge on any atom is -0.353 e. The summed E-state index contributed by atoms with van der Waals surface area (Å²) >= 11 is 3.63. The number of nitrogens with two attached hydrogens (primary N) is 1. The Kier molecular flexibility index (Phi) is 5.81. The summed E-state index contributed by atoms with van der Waals surface area (Å²) < 4.78 is 1.09. The highest BCUT2D eigenvalue weighted by atomic mass is 79.9. The molecule has 0 bridgehead atoms. The lowest BCUT2D eigenvalue weighted by Crippen LogP contribution is -2.52. The van der Waals surface area contributed by atoms with Crippen LogP contribution < -0.4 is 10.6 Å². The zero-order valence-corrected chi connectivity index (χ0v) is 14.1. The quantitative estimate of drug-likeness (QED) is 0.893. The Morgan fingerprint density at radius 1 is 1.35 bits per heavy atom. The number of piperazine rings is 1. The van der Waals surface area contributed by atoms with Gasteiger partial charge in [-0.15, -0.1) is 0 Å². The van der Waals surface area contributed by atoms with E-state index in [9.17, 15) is 0 Å². The summed E-state index contributed by atoms with van der Waals surface area (Å²) in [5.41, 5.74) is 7.09. The maximum absolute atomic E-state index is 5.90. The normalized spacial score (nSPS) is 18.3. The predicted molar refractivity (Wildman–Crippen MR) is 88.2 cm³/mol. The monoisotopic (exact) mass is 340 g/mol. The van der Waals surface area contributed by atoms with Crippen LogP contribution in [0.3, 0.4) is 0 Å². The Labute approximate surface area is 130 Å². The molecule has 1 fully saturated rings. The van der Waals surface area contributed by atoms with Crippen molar-refractivity contribution in [2.24, 2.45) is 5.73 Å². The second kappa shape index (κ2) is 7.38. The number of hydrogen-bond acceptors (Lipinski definition) is 4. The minimum absolute atomic E-state index is 0.538.